The quantitative estimate of drug-likeness (QED) is 0.329. The smallest absolute Gasteiger partial charge is 0.330 e. The van der Waals surface area contributed by atoms with E-state index in [1.165, 1.54) is 0 Å². The van der Waals surface area contributed by atoms with Crippen molar-refractivity contribution in [3.05, 3.63) is 25.3 Å². The molecule has 110 valence electrons. The number of rotatable bonds is 10. The minimum atomic E-state index is -0.981. The summed E-state index contributed by atoms with van der Waals surface area (Å²) in [7, 11) is 0. The van der Waals surface area contributed by atoms with Gasteiger partial charge in [0, 0.05) is 12.2 Å². The zero-order chi connectivity index (χ0) is 14.9. The van der Waals surface area contributed by atoms with Crippen molar-refractivity contribution in [2.75, 3.05) is 39.6 Å². The summed E-state index contributed by atoms with van der Waals surface area (Å²) < 4.78 is 14.6. The van der Waals surface area contributed by atoms with Gasteiger partial charge in [-0.3, -0.25) is 0 Å². The minimum Gasteiger partial charge on any atom is -0.478 e. The van der Waals surface area contributed by atoms with Crippen molar-refractivity contribution in [2.45, 2.75) is 0 Å². The van der Waals surface area contributed by atoms with E-state index in [0.717, 1.165) is 12.2 Å². The molecule has 0 saturated heterocycles. The molecule has 0 spiro atoms. The average Bonchev–Trinajstić information content (AvgIpc) is 2.42. The highest BCUT2D eigenvalue weighted by Gasteiger charge is 1.94. The Morgan fingerprint density at radius 1 is 0.947 bits per heavy atom. The van der Waals surface area contributed by atoms with Crippen LogP contribution < -0.4 is 0 Å². The third-order valence-electron chi connectivity index (χ3n) is 1.42. The summed E-state index contributed by atoms with van der Waals surface area (Å²) in [5, 5.41) is 16.0. The van der Waals surface area contributed by atoms with Gasteiger partial charge in [-0.05, 0) is 0 Å². The van der Waals surface area contributed by atoms with Gasteiger partial charge in [-0.25, -0.2) is 9.59 Å². The van der Waals surface area contributed by atoms with Crippen molar-refractivity contribution in [3.8, 4) is 0 Å². The van der Waals surface area contributed by atoms with Gasteiger partial charge in [-0.15, -0.1) is 0 Å². The van der Waals surface area contributed by atoms with Gasteiger partial charge >= 0.3 is 11.9 Å². The first-order chi connectivity index (χ1) is 9.08. The Morgan fingerprint density at radius 3 is 1.84 bits per heavy atom. The Labute approximate surface area is 112 Å². The lowest BCUT2D eigenvalue weighted by atomic mass is 10.6. The summed E-state index contributed by atoms with van der Waals surface area (Å²) in [5.74, 6) is -1.44. The zero-order valence-corrected chi connectivity index (χ0v) is 10.7. The lowest BCUT2D eigenvalue weighted by Crippen LogP contribution is -2.12. The van der Waals surface area contributed by atoms with Crippen LogP contribution in [0.1, 0.15) is 0 Å². The molecule has 0 aliphatic rings. The maximum Gasteiger partial charge on any atom is 0.330 e. The monoisotopic (exact) mass is 276 g/mol. The van der Waals surface area contributed by atoms with Crippen LogP contribution in [0.5, 0.6) is 0 Å². The van der Waals surface area contributed by atoms with Crippen LogP contribution >= 0.6 is 0 Å². The number of hydrogen-bond donors (Lipinski definition) is 2. The molecule has 0 aromatic heterocycles. The maximum atomic E-state index is 10.5. The Balaban J connectivity index is 0. The van der Waals surface area contributed by atoms with Crippen molar-refractivity contribution >= 4 is 11.9 Å². The maximum absolute atomic E-state index is 10.5. The molecule has 0 rings (SSSR count). The van der Waals surface area contributed by atoms with Crippen LogP contribution in [0.25, 0.3) is 0 Å². The molecule has 0 aliphatic heterocycles. The molecular formula is C12H20O7. The van der Waals surface area contributed by atoms with Crippen molar-refractivity contribution < 1.29 is 34.0 Å². The summed E-state index contributed by atoms with van der Waals surface area (Å²) in [6, 6.07) is 0. The second kappa shape index (κ2) is 16.3. The summed E-state index contributed by atoms with van der Waals surface area (Å²) in [6.07, 6.45) is 1.93. The molecule has 0 radical (unpaired) electrons. The molecule has 7 nitrogen and oxygen atoms in total. The molecule has 7 heteroatoms. The Kier molecular flexibility index (Phi) is 16.8. The van der Waals surface area contributed by atoms with Crippen molar-refractivity contribution in [1.29, 1.82) is 0 Å². The minimum absolute atomic E-state index is 0.0109. The van der Waals surface area contributed by atoms with E-state index in [1.807, 2.05) is 0 Å². The van der Waals surface area contributed by atoms with E-state index in [0.29, 0.717) is 26.4 Å². The highest BCUT2D eigenvalue weighted by atomic mass is 16.6. The summed E-state index contributed by atoms with van der Waals surface area (Å²) >= 11 is 0. The van der Waals surface area contributed by atoms with Crippen molar-refractivity contribution in [1.82, 2.24) is 0 Å². The molecule has 0 saturated carbocycles. The lowest BCUT2D eigenvalue weighted by Gasteiger charge is -2.04. The molecule has 0 fully saturated rings. The molecule has 0 atom stereocenters. The Morgan fingerprint density at radius 2 is 1.42 bits per heavy atom. The van der Waals surface area contributed by atoms with Crippen LogP contribution in [0.2, 0.25) is 0 Å². The predicted octanol–water partition coefficient (Wildman–Crippen LogP) is -0.00190. The van der Waals surface area contributed by atoms with E-state index >= 15 is 0 Å². The van der Waals surface area contributed by atoms with Gasteiger partial charge in [0.25, 0.3) is 0 Å². The van der Waals surface area contributed by atoms with E-state index < -0.39 is 11.9 Å². The SMILES string of the molecule is C=CC(=O)O.C=CC(=O)OCCOCCOCCO. The molecule has 0 aliphatic carbocycles. The van der Waals surface area contributed by atoms with Crippen LogP contribution in [0, 0.1) is 0 Å². The topological polar surface area (TPSA) is 102 Å². The van der Waals surface area contributed by atoms with Gasteiger partial charge in [0.05, 0.1) is 33.0 Å². The summed E-state index contributed by atoms with van der Waals surface area (Å²) in [5.41, 5.74) is 0. The number of aliphatic hydroxyl groups excluding tert-OH is 1. The fraction of sp³-hybridized carbons (Fsp3) is 0.500. The first-order valence-electron chi connectivity index (χ1n) is 5.49. The fourth-order valence-electron chi connectivity index (χ4n) is 0.647. The number of esters is 1. The van der Waals surface area contributed by atoms with E-state index in [2.05, 4.69) is 17.9 Å². The molecule has 0 bridgehead atoms. The average molecular weight is 276 g/mol. The number of carboxylic acids is 1. The Hall–Kier alpha value is -1.70. The second-order valence-electron chi connectivity index (χ2n) is 2.86. The van der Waals surface area contributed by atoms with Gasteiger partial charge in [-0.2, -0.15) is 0 Å². The van der Waals surface area contributed by atoms with E-state index in [4.69, 9.17) is 19.7 Å². The van der Waals surface area contributed by atoms with Gasteiger partial charge < -0.3 is 24.4 Å². The van der Waals surface area contributed by atoms with Crippen LogP contribution in [0.4, 0.5) is 0 Å². The van der Waals surface area contributed by atoms with Crippen LogP contribution in [-0.4, -0.2) is 61.8 Å². The van der Waals surface area contributed by atoms with Gasteiger partial charge in [-0.1, -0.05) is 13.2 Å². The van der Waals surface area contributed by atoms with Crippen LogP contribution in [0.15, 0.2) is 25.3 Å². The highest BCUT2D eigenvalue weighted by Crippen LogP contribution is 1.82. The molecule has 0 unspecified atom stereocenters. The van der Waals surface area contributed by atoms with E-state index in [9.17, 15) is 9.59 Å². The molecule has 2 N–H and O–H groups in total. The van der Waals surface area contributed by atoms with Gasteiger partial charge in [0.2, 0.25) is 0 Å². The third-order valence-corrected chi connectivity index (χ3v) is 1.42. The van der Waals surface area contributed by atoms with E-state index in [-0.39, 0.29) is 13.2 Å². The molecule has 0 heterocycles. The van der Waals surface area contributed by atoms with Crippen LogP contribution in [0.3, 0.4) is 0 Å². The molecule has 0 amide bonds. The summed E-state index contributed by atoms with van der Waals surface area (Å²) in [6.45, 7) is 7.93. The number of carboxylic acid groups (broad SMARTS) is 1. The molecule has 0 aromatic rings. The molecule has 0 aromatic carbocycles. The zero-order valence-electron chi connectivity index (χ0n) is 10.7. The number of carbonyl (C=O) groups excluding carboxylic acids is 1. The number of aliphatic carboxylic acids is 1. The normalized spacial score (nSPS) is 8.89. The molecular weight excluding hydrogens is 256 g/mol. The number of ether oxygens (including phenoxy) is 3. The lowest BCUT2D eigenvalue weighted by molar-refractivity contribution is -0.139. The van der Waals surface area contributed by atoms with Crippen LogP contribution in [-0.2, 0) is 23.8 Å². The number of carbonyl (C=O) groups is 2. The fourth-order valence-corrected chi connectivity index (χ4v) is 0.647. The van der Waals surface area contributed by atoms with Crippen molar-refractivity contribution in [3.63, 3.8) is 0 Å². The third kappa shape index (κ3) is 22.0. The van der Waals surface area contributed by atoms with Crippen molar-refractivity contribution in [2.24, 2.45) is 0 Å². The number of aliphatic hydroxyl groups is 1. The molecule has 19 heavy (non-hydrogen) atoms. The largest absolute Gasteiger partial charge is 0.478 e. The first-order valence-corrected chi connectivity index (χ1v) is 5.49. The van der Waals surface area contributed by atoms with Gasteiger partial charge in [0.1, 0.15) is 6.61 Å². The standard InChI is InChI=1S/C9H16O5.C3H4O2/c1-2-9(11)14-8-7-13-6-5-12-4-3-10;1-2-3(4)5/h2,10H,1,3-8H2;2H,1H2,(H,4,5). The Bertz CT molecular complexity index is 263. The van der Waals surface area contributed by atoms with E-state index in [1.54, 1.807) is 0 Å². The number of hydrogen-bond acceptors (Lipinski definition) is 6. The highest BCUT2D eigenvalue weighted by molar-refractivity contribution is 5.81. The summed E-state index contributed by atoms with van der Waals surface area (Å²) in [4.78, 5) is 19.8. The first kappa shape index (κ1) is 19.6. The predicted molar refractivity (Wildman–Crippen MR) is 67.7 cm³/mol. The van der Waals surface area contributed by atoms with Gasteiger partial charge in [0.15, 0.2) is 0 Å². The second-order valence-corrected chi connectivity index (χ2v) is 2.86.